The van der Waals surface area contributed by atoms with E-state index in [0.717, 1.165) is 30.4 Å². The molecular weight excluding hydrogens is 263 g/mol. The van der Waals surface area contributed by atoms with Crippen molar-refractivity contribution < 1.29 is 4.79 Å². The Morgan fingerprint density at radius 2 is 2.21 bits per heavy atom. The molecular formula is C11H10BrClO. The lowest BCUT2D eigenvalue weighted by Gasteiger charge is -2.06. The van der Waals surface area contributed by atoms with E-state index in [0.29, 0.717) is 5.02 Å². The molecule has 1 unspecified atom stereocenters. The fourth-order valence-electron chi connectivity index (χ4n) is 1.77. The van der Waals surface area contributed by atoms with Crippen molar-refractivity contribution in [2.45, 2.75) is 24.1 Å². The molecule has 0 spiro atoms. The van der Waals surface area contributed by atoms with Crippen molar-refractivity contribution in [3.05, 3.63) is 34.3 Å². The Labute approximate surface area is 96.6 Å². The fourth-order valence-corrected chi connectivity index (χ4v) is 2.51. The van der Waals surface area contributed by atoms with Crippen molar-refractivity contribution in [1.82, 2.24) is 0 Å². The highest BCUT2D eigenvalue weighted by Crippen LogP contribution is 2.26. The first-order chi connectivity index (χ1) is 6.68. The molecule has 0 aromatic heterocycles. The molecule has 0 bridgehead atoms. The maximum absolute atomic E-state index is 11.9. The van der Waals surface area contributed by atoms with Gasteiger partial charge in [0.2, 0.25) is 0 Å². The highest BCUT2D eigenvalue weighted by Gasteiger charge is 2.22. The number of rotatable bonds is 0. The van der Waals surface area contributed by atoms with Gasteiger partial charge in [-0.25, -0.2) is 0 Å². The van der Waals surface area contributed by atoms with Gasteiger partial charge in [-0.05, 0) is 37.0 Å². The van der Waals surface area contributed by atoms with Gasteiger partial charge in [0, 0.05) is 10.6 Å². The molecule has 0 saturated carbocycles. The molecule has 1 aromatic rings. The van der Waals surface area contributed by atoms with E-state index in [1.807, 2.05) is 12.1 Å². The Morgan fingerprint density at radius 3 is 3.00 bits per heavy atom. The molecule has 1 aliphatic rings. The highest BCUT2D eigenvalue weighted by atomic mass is 79.9. The van der Waals surface area contributed by atoms with Crippen LogP contribution in [0.3, 0.4) is 0 Å². The summed E-state index contributed by atoms with van der Waals surface area (Å²) < 4.78 is 0. The summed E-state index contributed by atoms with van der Waals surface area (Å²) in [5, 5.41) is 0.638. The Kier molecular flexibility index (Phi) is 2.93. The zero-order valence-corrected chi connectivity index (χ0v) is 9.94. The Balaban J connectivity index is 2.50. The second-order valence-corrected chi connectivity index (χ2v) is 5.07. The topological polar surface area (TPSA) is 17.1 Å². The molecule has 0 radical (unpaired) electrons. The van der Waals surface area contributed by atoms with E-state index in [1.165, 1.54) is 0 Å². The number of carbonyl (C=O) groups is 1. The molecule has 0 fully saturated rings. The number of hydrogen-bond donors (Lipinski definition) is 0. The minimum atomic E-state index is -0.0396. The number of fused-ring (bicyclic) bond motifs is 1. The van der Waals surface area contributed by atoms with E-state index in [-0.39, 0.29) is 10.6 Å². The first-order valence-corrected chi connectivity index (χ1v) is 5.94. The third-order valence-electron chi connectivity index (χ3n) is 2.53. The molecule has 0 N–H and O–H groups in total. The number of ketones is 1. The lowest BCUT2D eigenvalue weighted by molar-refractivity contribution is 0.0990. The number of alkyl halides is 1. The predicted octanol–water partition coefficient (Wildman–Crippen LogP) is 3.62. The lowest BCUT2D eigenvalue weighted by atomic mass is 10.0. The van der Waals surface area contributed by atoms with Gasteiger partial charge < -0.3 is 0 Å². The van der Waals surface area contributed by atoms with Crippen LogP contribution in [0.5, 0.6) is 0 Å². The van der Waals surface area contributed by atoms with E-state index in [4.69, 9.17) is 11.6 Å². The van der Waals surface area contributed by atoms with Crippen molar-refractivity contribution >= 4 is 33.3 Å². The van der Waals surface area contributed by atoms with Gasteiger partial charge in [0.05, 0.1) is 4.83 Å². The minimum Gasteiger partial charge on any atom is -0.293 e. The van der Waals surface area contributed by atoms with Crippen molar-refractivity contribution in [2.75, 3.05) is 0 Å². The van der Waals surface area contributed by atoms with Gasteiger partial charge in [-0.15, -0.1) is 0 Å². The van der Waals surface area contributed by atoms with Gasteiger partial charge >= 0.3 is 0 Å². The normalized spacial score (nSPS) is 21.6. The summed E-state index contributed by atoms with van der Waals surface area (Å²) in [6, 6.07) is 5.58. The van der Waals surface area contributed by atoms with Crippen LogP contribution in [-0.2, 0) is 6.42 Å². The number of halogens is 2. The largest absolute Gasteiger partial charge is 0.293 e. The monoisotopic (exact) mass is 272 g/mol. The number of hydrogen-bond acceptors (Lipinski definition) is 1. The van der Waals surface area contributed by atoms with E-state index in [2.05, 4.69) is 15.9 Å². The van der Waals surface area contributed by atoms with Crippen LogP contribution in [0.15, 0.2) is 18.2 Å². The van der Waals surface area contributed by atoms with E-state index in [9.17, 15) is 4.79 Å². The number of benzene rings is 1. The van der Waals surface area contributed by atoms with Gasteiger partial charge in [0.25, 0.3) is 0 Å². The maximum atomic E-state index is 11.9. The molecule has 14 heavy (non-hydrogen) atoms. The average molecular weight is 274 g/mol. The molecule has 3 heteroatoms. The molecule has 2 rings (SSSR count). The average Bonchev–Trinajstić information content (AvgIpc) is 2.30. The number of Topliss-reactive ketones (excluding diaryl/α,β-unsaturated/α-hetero) is 1. The molecule has 1 nitrogen and oxygen atoms in total. The van der Waals surface area contributed by atoms with Gasteiger partial charge in [-0.1, -0.05) is 33.6 Å². The molecule has 0 saturated heterocycles. The second kappa shape index (κ2) is 4.03. The summed E-state index contributed by atoms with van der Waals surface area (Å²) >= 11 is 9.28. The molecule has 0 heterocycles. The predicted molar refractivity (Wildman–Crippen MR) is 61.4 cm³/mol. The Morgan fingerprint density at radius 1 is 1.43 bits per heavy atom. The number of carbonyl (C=O) groups excluding carboxylic acids is 1. The summed E-state index contributed by atoms with van der Waals surface area (Å²) in [5.41, 5.74) is 1.92. The first kappa shape index (κ1) is 10.2. The van der Waals surface area contributed by atoms with Crippen LogP contribution in [0.25, 0.3) is 0 Å². The van der Waals surface area contributed by atoms with Crippen LogP contribution < -0.4 is 0 Å². The van der Waals surface area contributed by atoms with Crippen molar-refractivity contribution in [2.24, 2.45) is 0 Å². The standard InChI is InChI=1S/C11H10BrClO/c12-10-3-1-2-7-4-5-8(13)6-9(7)11(10)14/h4-6,10H,1-3H2. The molecule has 1 aliphatic carbocycles. The zero-order chi connectivity index (χ0) is 10.1. The summed E-state index contributed by atoms with van der Waals surface area (Å²) in [6.45, 7) is 0. The van der Waals surface area contributed by atoms with Gasteiger partial charge in [-0.3, -0.25) is 4.79 Å². The fraction of sp³-hybridized carbons (Fsp3) is 0.364. The van der Waals surface area contributed by atoms with Crippen LogP contribution >= 0.6 is 27.5 Å². The SMILES string of the molecule is O=C1c2cc(Cl)ccc2CCCC1Br. The van der Waals surface area contributed by atoms with Crippen LogP contribution in [0, 0.1) is 0 Å². The third-order valence-corrected chi connectivity index (χ3v) is 3.63. The van der Waals surface area contributed by atoms with Crippen molar-refractivity contribution in [3.63, 3.8) is 0 Å². The minimum absolute atomic E-state index is 0.0396. The maximum Gasteiger partial charge on any atom is 0.176 e. The lowest BCUT2D eigenvalue weighted by Crippen LogP contribution is -2.12. The summed E-state index contributed by atoms with van der Waals surface area (Å²) in [5.74, 6) is 0.167. The Hall–Kier alpha value is -0.340. The van der Waals surface area contributed by atoms with Gasteiger partial charge in [0.1, 0.15) is 0 Å². The third kappa shape index (κ3) is 1.86. The van der Waals surface area contributed by atoms with Gasteiger partial charge in [0.15, 0.2) is 5.78 Å². The smallest absolute Gasteiger partial charge is 0.176 e. The molecule has 74 valence electrons. The number of aryl methyl sites for hydroxylation is 1. The molecule has 0 aliphatic heterocycles. The van der Waals surface area contributed by atoms with Crippen LogP contribution in [-0.4, -0.2) is 10.6 Å². The first-order valence-electron chi connectivity index (χ1n) is 4.65. The quantitative estimate of drug-likeness (QED) is 0.521. The van der Waals surface area contributed by atoms with E-state index >= 15 is 0 Å². The van der Waals surface area contributed by atoms with Crippen LogP contribution in [0.2, 0.25) is 5.02 Å². The van der Waals surface area contributed by atoms with Crippen molar-refractivity contribution in [1.29, 1.82) is 0 Å². The van der Waals surface area contributed by atoms with Crippen molar-refractivity contribution in [3.8, 4) is 0 Å². The van der Waals surface area contributed by atoms with Crippen LogP contribution in [0.4, 0.5) is 0 Å². The molecule has 1 aromatic carbocycles. The molecule has 0 amide bonds. The zero-order valence-electron chi connectivity index (χ0n) is 7.59. The van der Waals surface area contributed by atoms with Crippen LogP contribution in [0.1, 0.15) is 28.8 Å². The molecule has 1 atom stereocenters. The van der Waals surface area contributed by atoms with Gasteiger partial charge in [-0.2, -0.15) is 0 Å². The summed E-state index contributed by atoms with van der Waals surface area (Å²) in [6.07, 6.45) is 2.93. The van der Waals surface area contributed by atoms with E-state index in [1.54, 1.807) is 6.07 Å². The Bertz CT molecular complexity index is 376. The second-order valence-electron chi connectivity index (χ2n) is 3.53. The summed E-state index contributed by atoms with van der Waals surface area (Å²) in [7, 11) is 0. The highest BCUT2D eigenvalue weighted by molar-refractivity contribution is 9.10. The summed E-state index contributed by atoms with van der Waals surface area (Å²) in [4.78, 5) is 11.8. The van der Waals surface area contributed by atoms with E-state index < -0.39 is 0 Å².